The van der Waals surface area contributed by atoms with E-state index in [2.05, 4.69) is 20.8 Å². The number of carbonyl (C=O) groups excluding carboxylic acids is 1. The highest BCUT2D eigenvalue weighted by atomic mass is 16.5. The van der Waals surface area contributed by atoms with Crippen molar-refractivity contribution in [1.82, 2.24) is 0 Å². The lowest BCUT2D eigenvalue weighted by molar-refractivity contribution is -0.141. The Morgan fingerprint density at radius 3 is 2.23 bits per heavy atom. The molecular weight excluding hydrogens is 164 g/mol. The van der Waals surface area contributed by atoms with E-state index in [-0.39, 0.29) is 5.97 Å². The number of hydrogen-bond donors (Lipinski definition) is 0. The van der Waals surface area contributed by atoms with E-state index in [4.69, 9.17) is 4.74 Å². The van der Waals surface area contributed by atoms with Crippen LogP contribution in [-0.4, -0.2) is 12.6 Å². The molecule has 0 aliphatic rings. The van der Waals surface area contributed by atoms with E-state index in [1.165, 1.54) is 19.8 Å². The normalized spacial score (nSPS) is 13.0. The first-order valence-corrected chi connectivity index (χ1v) is 5.25. The summed E-state index contributed by atoms with van der Waals surface area (Å²) in [7, 11) is 0. The lowest BCUT2D eigenvalue weighted by Gasteiger charge is -2.20. The van der Waals surface area contributed by atoms with Crippen molar-refractivity contribution in [3.8, 4) is 0 Å². The molecule has 0 fully saturated rings. The minimum absolute atomic E-state index is 0.170. The molecule has 0 heterocycles. The summed E-state index contributed by atoms with van der Waals surface area (Å²) in [5.74, 6) is 1.27. The first-order valence-electron chi connectivity index (χ1n) is 5.25. The van der Waals surface area contributed by atoms with Crippen LogP contribution in [0.3, 0.4) is 0 Å². The highest BCUT2D eigenvalue weighted by Crippen LogP contribution is 2.21. The van der Waals surface area contributed by atoms with Crippen LogP contribution in [0.4, 0.5) is 0 Å². The monoisotopic (exact) mass is 186 g/mol. The fourth-order valence-corrected chi connectivity index (χ4v) is 1.72. The van der Waals surface area contributed by atoms with E-state index in [1.807, 2.05) is 0 Å². The molecule has 13 heavy (non-hydrogen) atoms. The highest BCUT2D eigenvalue weighted by Gasteiger charge is 2.13. The molecular formula is C11H22O2. The Balaban J connectivity index is 3.59. The summed E-state index contributed by atoms with van der Waals surface area (Å²) in [5, 5.41) is 0. The molecule has 1 unspecified atom stereocenters. The third-order valence-electron chi connectivity index (χ3n) is 2.73. The molecule has 0 aromatic rings. The van der Waals surface area contributed by atoms with Gasteiger partial charge in [-0.2, -0.15) is 0 Å². The molecule has 0 aliphatic carbocycles. The second-order valence-electron chi connectivity index (χ2n) is 3.68. The summed E-state index contributed by atoms with van der Waals surface area (Å²) in [6.45, 7) is 8.71. The van der Waals surface area contributed by atoms with Gasteiger partial charge >= 0.3 is 5.97 Å². The molecule has 2 heteroatoms. The summed E-state index contributed by atoms with van der Waals surface area (Å²) < 4.78 is 4.91. The Morgan fingerprint density at radius 2 is 1.85 bits per heavy atom. The minimum atomic E-state index is -0.170. The number of rotatable bonds is 6. The van der Waals surface area contributed by atoms with Crippen molar-refractivity contribution in [2.75, 3.05) is 6.61 Å². The fraction of sp³-hybridized carbons (Fsp3) is 0.909. The summed E-state index contributed by atoms with van der Waals surface area (Å²) in [5.41, 5.74) is 0. The Labute approximate surface area is 81.7 Å². The topological polar surface area (TPSA) is 26.3 Å². The number of carbonyl (C=O) groups is 1. The van der Waals surface area contributed by atoms with Crippen LogP contribution in [0.2, 0.25) is 0 Å². The van der Waals surface area contributed by atoms with E-state index in [1.54, 1.807) is 0 Å². The fourth-order valence-electron chi connectivity index (χ4n) is 1.72. The van der Waals surface area contributed by atoms with Crippen LogP contribution in [0.15, 0.2) is 0 Å². The predicted octanol–water partition coefficient (Wildman–Crippen LogP) is 3.01. The van der Waals surface area contributed by atoms with Crippen molar-refractivity contribution >= 4 is 5.97 Å². The van der Waals surface area contributed by atoms with Crippen LogP contribution in [0, 0.1) is 11.8 Å². The Hall–Kier alpha value is -0.530. The first kappa shape index (κ1) is 12.5. The van der Waals surface area contributed by atoms with Crippen molar-refractivity contribution in [2.24, 2.45) is 11.8 Å². The van der Waals surface area contributed by atoms with Gasteiger partial charge in [0.1, 0.15) is 0 Å². The molecule has 0 saturated carbocycles. The van der Waals surface area contributed by atoms with Gasteiger partial charge in [0.15, 0.2) is 0 Å². The largest absolute Gasteiger partial charge is 0.466 e. The number of hydrogen-bond acceptors (Lipinski definition) is 2. The molecule has 0 radical (unpaired) electrons. The van der Waals surface area contributed by atoms with Gasteiger partial charge in [-0.1, -0.05) is 33.6 Å². The van der Waals surface area contributed by atoms with Crippen molar-refractivity contribution in [3.63, 3.8) is 0 Å². The van der Waals surface area contributed by atoms with Gasteiger partial charge in [0.25, 0.3) is 0 Å². The zero-order valence-corrected chi connectivity index (χ0v) is 9.30. The Morgan fingerprint density at radius 1 is 1.31 bits per heavy atom. The molecule has 0 spiro atoms. The lowest BCUT2D eigenvalue weighted by atomic mass is 9.87. The van der Waals surface area contributed by atoms with Crippen molar-refractivity contribution in [3.05, 3.63) is 0 Å². The minimum Gasteiger partial charge on any atom is -0.466 e. The molecule has 0 aromatic carbocycles. The molecule has 0 amide bonds. The Bertz CT molecular complexity index is 139. The summed E-state index contributed by atoms with van der Waals surface area (Å²) in [6, 6.07) is 0. The SMILES string of the molecule is CCC(CC)C(C)CCOC(C)=O. The molecule has 2 nitrogen and oxygen atoms in total. The van der Waals surface area contributed by atoms with E-state index in [0.29, 0.717) is 12.5 Å². The van der Waals surface area contributed by atoms with Crippen LogP contribution in [0.25, 0.3) is 0 Å². The third-order valence-corrected chi connectivity index (χ3v) is 2.73. The first-order chi connectivity index (χ1) is 6.11. The zero-order valence-electron chi connectivity index (χ0n) is 9.30. The van der Waals surface area contributed by atoms with Gasteiger partial charge in [-0.3, -0.25) is 4.79 Å². The van der Waals surface area contributed by atoms with Gasteiger partial charge in [0.05, 0.1) is 6.61 Å². The summed E-state index contributed by atoms with van der Waals surface area (Å²) in [6.07, 6.45) is 3.43. The zero-order chi connectivity index (χ0) is 10.3. The molecule has 0 bridgehead atoms. The molecule has 0 aromatic heterocycles. The molecule has 78 valence electrons. The maximum atomic E-state index is 10.5. The van der Waals surface area contributed by atoms with E-state index >= 15 is 0 Å². The Kier molecular flexibility index (Phi) is 6.65. The maximum absolute atomic E-state index is 10.5. The summed E-state index contributed by atoms with van der Waals surface area (Å²) in [4.78, 5) is 10.5. The van der Waals surface area contributed by atoms with Crippen molar-refractivity contribution in [1.29, 1.82) is 0 Å². The average molecular weight is 186 g/mol. The van der Waals surface area contributed by atoms with Gasteiger partial charge in [-0.25, -0.2) is 0 Å². The molecule has 0 rings (SSSR count). The maximum Gasteiger partial charge on any atom is 0.302 e. The van der Waals surface area contributed by atoms with Crippen LogP contribution in [0.5, 0.6) is 0 Å². The van der Waals surface area contributed by atoms with Crippen LogP contribution >= 0.6 is 0 Å². The van der Waals surface area contributed by atoms with Crippen molar-refractivity contribution < 1.29 is 9.53 Å². The second kappa shape index (κ2) is 6.93. The quantitative estimate of drug-likeness (QED) is 0.596. The average Bonchev–Trinajstić information content (AvgIpc) is 2.05. The molecule has 0 saturated heterocycles. The number of esters is 1. The third kappa shape index (κ3) is 5.67. The van der Waals surface area contributed by atoms with Gasteiger partial charge < -0.3 is 4.74 Å². The van der Waals surface area contributed by atoms with E-state index in [9.17, 15) is 4.79 Å². The van der Waals surface area contributed by atoms with Gasteiger partial charge in [-0.15, -0.1) is 0 Å². The van der Waals surface area contributed by atoms with Gasteiger partial charge in [-0.05, 0) is 18.3 Å². The predicted molar refractivity (Wildman–Crippen MR) is 54.5 cm³/mol. The lowest BCUT2D eigenvalue weighted by Crippen LogP contribution is -2.13. The number of ether oxygens (including phenoxy) is 1. The highest BCUT2D eigenvalue weighted by molar-refractivity contribution is 5.65. The van der Waals surface area contributed by atoms with Crippen LogP contribution in [-0.2, 0) is 9.53 Å². The standard InChI is InChI=1S/C11H22O2/c1-5-11(6-2)9(3)7-8-13-10(4)12/h9,11H,5-8H2,1-4H3. The summed E-state index contributed by atoms with van der Waals surface area (Å²) >= 11 is 0. The molecule has 0 N–H and O–H groups in total. The van der Waals surface area contributed by atoms with Crippen molar-refractivity contribution in [2.45, 2.75) is 47.0 Å². The van der Waals surface area contributed by atoms with Crippen LogP contribution in [0.1, 0.15) is 47.0 Å². The van der Waals surface area contributed by atoms with Gasteiger partial charge in [0.2, 0.25) is 0 Å². The van der Waals surface area contributed by atoms with Gasteiger partial charge in [0, 0.05) is 6.92 Å². The molecule has 0 aliphatic heterocycles. The smallest absolute Gasteiger partial charge is 0.302 e. The van der Waals surface area contributed by atoms with E-state index < -0.39 is 0 Å². The van der Waals surface area contributed by atoms with Crippen LogP contribution < -0.4 is 0 Å². The second-order valence-corrected chi connectivity index (χ2v) is 3.68. The van der Waals surface area contributed by atoms with E-state index in [0.717, 1.165) is 12.3 Å². The molecule has 1 atom stereocenters.